The minimum absolute atomic E-state index is 0.588. The van der Waals surface area contributed by atoms with Gasteiger partial charge in [-0.25, -0.2) is 0 Å². The van der Waals surface area contributed by atoms with E-state index in [4.69, 9.17) is 9.97 Å². The third kappa shape index (κ3) is 8.55. The van der Waals surface area contributed by atoms with E-state index >= 15 is 0 Å². The lowest BCUT2D eigenvalue weighted by atomic mass is 9.99. The van der Waals surface area contributed by atoms with Crippen LogP contribution in [0.2, 0.25) is 39.3 Å². The van der Waals surface area contributed by atoms with E-state index < -0.39 is 16.1 Å². The Morgan fingerprint density at radius 1 is 0.560 bits per heavy atom. The fraction of sp³-hybridized carbons (Fsp3) is 0.378. The molecule has 5 heteroatoms. The Morgan fingerprint density at radius 3 is 1.32 bits per heavy atom. The molecule has 0 aliphatic heterocycles. The average molecular weight is 698 g/mol. The maximum atomic E-state index is 5.09. The molecule has 5 rings (SSSR count). The van der Waals surface area contributed by atoms with Gasteiger partial charge in [0.25, 0.3) is 0 Å². The van der Waals surface area contributed by atoms with Gasteiger partial charge in [0.1, 0.15) is 0 Å². The van der Waals surface area contributed by atoms with Gasteiger partial charge in [-0.3, -0.25) is 9.97 Å². The molecule has 2 aromatic heterocycles. The van der Waals surface area contributed by atoms with E-state index in [1.165, 1.54) is 43.9 Å². The SMILES string of the molecule is Cc1cc(C)c(N(c2cccc(-c3cc(CC(C)C)c([Si](C)(C)C)cn3)c2)c2cccc(-c3cc(CC(C)C)c([Si](C)(C)C)cn3)c2)c(C)c1. The summed E-state index contributed by atoms with van der Waals surface area (Å²) in [5.74, 6) is 1.18. The highest BCUT2D eigenvalue weighted by molar-refractivity contribution is 6.89. The van der Waals surface area contributed by atoms with Gasteiger partial charge in [-0.2, -0.15) is 0 Å². The van der Waals surface area contributed by atoms with Crippen LogP contribution < -0.4 is 15.3 Å². The number of nitrogens with zero attached hydrogens (tertiary/aromatic N) is 3. The van der Waals surface area contributed by atoms with Gasteiger partial charge in [0.2, 0.25) is 0 Å². The highest BCUT2D eigenvalue weighted by Crippen LogP contribution is 2.41. The normalized spacial score (nSPS) is 12.2. The van der Waals surface area contributed by atoms with Crippen molar-refractivity contribution < 1.29 is 0 Å². The molecule has 0 N–H and O–H groups in total. The molecule has 0 saturated heterocycles. The molecule has 3 nitrogen and oxygen atoms in total. The molecule has 0 bridgehead atoms. The van der Waals surface area contributed by atoms with Crippen molar-refractivity contribution in [1.29, 1.82) is 0 Å². The van der Waals surface area contributed by atoms with Gasteiger partial charge in [-0.15, -0.1) is 0 Å². The van der Waals surface area contributed by atoms with Gasteiger partial charge < -0.3 is 4.90 Å². The summed E-state index contributed by atoms with van der Waals surface area (Å²) in [6.45, 7) is 30.5. The quantitative estimate of drug-likeness (QED) is 0.129. The molecule has 50 heavy (non-hydrogen) atoms. The Hall–Kier alpha value is -3.81. The Morgan fingerprint density at radius 2 is 0.960 bits per heavy atom. The van der Waals surface area contributed by atoms with Crippen molar-refractivity contribution >= 4 is 43.6 Å². The molecule has 0 saturated carbocycles. The summed E-state index contributed by atoms with van der Waals surface area (Å²) in [6.07, 6.45) is 6.49. The van der Waals surface area contributed by atoms with Crippen LogP contribution in [0.25, 0.3) is 22.5 Å². The fourth-order valence-corrected chi connectivity index (χ4v) is 10.6. The third-order valence-electron chi connectivity index (χ3n) is 9.51. The van der Waals surface area contributed by atoms with Gasteiger partial charge in [-0.1, -0.05) is 109 Å². The predicted octanol–water partition coefficient (Wildman–Crippen LogP) is 11.7. The van der Waals surface area contributed by atoms with Crippen LogP contribution in [-0.4, -0.2) is 26.1 Å². The lowest BCUT2D eigenvalue weighted by Gasteiger charge is -2.30. The van der Waals surface area contributed by atoms with Crippen molar-refractivity contribution in [1.82, 2.24) is 9.97 Å². The van der Waals surface area contributed by atoms with Crippen LogP contribution in [0.3, 0.4) is 0 Å². The largest absolute Gasteiger partial charge is 0.310 e. The van der Waals surface area contributed by atoms with Crippen molar-refractivity contribution in [2.75, 3.05) is 4.90 Å². The number of hydrogen-bond donors (Lipinski definition) is 0. The Bertz CT molecular complexity index is 1840. The highest BCUT2D eigenvalue weighted by Gasteiger charge is 2.24. The summed E-state index contributed by atoms with van der Waals surface area (Å²) >= 11 is 0. The topological polar surface area (TPSA) is 29.0 Å². The summed E-state index contributed by atoms with van der Waals surface area (Å²) in [7, 11) is -3.07. The van der Waals surface area contributed by atoms with E-state index in [1.54, 1.807) is 0 Å². The van der Waals surface area contributed by atoms with Crippen LogP contribution in [0.15, 0.2) is 85.2 Å². The molecule has 2 heterocycles. The van der Waals surface area contributed by atoms with Crippen LogP contribution in [0.4, 0.5) is 17.1 Å². The predicted molar refractivity (Wildman–Crippen MR) is 225 cm³/mol. The summed E-state index contributed by atoms with van der Waals surface area (Å²) in [6, 6.07) is 27.2. The first-order valence-electron chi connectivity index (χ1n) is 18.5. The van der Waals surface area contributed by atoms with Crippen molar-refractivity contribution in [3.05, 3.63) is 113 Å². The van der Waals surface area contributed by atoms with E-state index in [9.17, 15) is 0 Å². The molecule has 0 fully saturated rings. The molecule has 0 aliphatic rings. The lowest BCUT2D eigenvalue weighted by Crippen LogP contribution is -2.40. The molecule has 5 aromatic rings. The summed E-state index contributed by atoms with van der Waals surface area (Å²) in [4.78, 5) is 12.6. The number of hydrogen-bond acceptors (Lipinski definition) is 3. The Labute approximate surface area is 305 Å². The van der Waals surface area contributed by atoms with E-state index in [2.05, 4.69) is 178 Å². The zero-order chi connectivity index (χ0) is 36.5. The number of aromatic nitrogens is 2. The van der Waals surface area contributed by atoms with E-state index in [0.29, 0.717) is 11.8 Å². The van der Waals surface area contributed by atoms with Gasteiger partial charge >= 0.3 is 0 Å². The minimum atomic E-state index is -1.53. The molecule has 0 spiro atoms. The fourth-order valence-electron chi connectivity index (χ4n) is 7.42. The first kappa shape index (κ1) is 37.4. The third-order valence-corrected chi connectivity index (χ3v) is 13.6. The molecule has 0 unspecified atom stereocenters. The monoisotopic (exact) mass is 697 g/mol. The molecule has 0 radical (unpaired) electrons. The highest BCUT2D eigenvalue weighted by atomic mass is 28.3. The van der Waals surface area contributed by atoms with Gasteiger partial charge in [0.15, 0.2) is 0 Å². The Balaban J connectivity index is 1.67. The van der Waals surface area contributed by atoms with Crippen molar-refractivity contribution in [3.63, 3.8) is 0 Å². The molecule has 262 valence electrons. The number of benzene rings is 3. The second kappa shape index (κ2) is 14.8. The second-order valence-corrected chi connectivity index (χ2v) is 27.4. The van der Waals surface area contributed by atoms with E-state index in [0.717, 1.165) is 46.7 Å². The molecule has 0 aliphatic carbocycles. The van der Waals surface area contributed by atoms with Crippen molar-refractivity contribution in [2.24, 2.45) is 11.8 Å². The van der Waals surface area contributed by atoms with Gasteiger partial charge in [-0.05, 0) is 114 Å². The molecular formula is C45H59N3Si2. The Kier molecular flexibility index (Phi) is 11.1. The lowest BCUT2D eigenvalue weighted by molar-refractivity contribution is 0.648. The van der Waals surface area contributed by atoms with Crippen molar-refractivity contribution in [2.45, 2.75) is 101 Å². The number of anilines is 3. The van der Waals surface area contributed by atoms with Crippen LogP contribution in [0, 0.1) is 32.6 Å². The summed E-state index contributed by atoms with van der Waals surface area (Å²) < 4.78 is 0. The van der Waals surface area contributed by atoms with Gasteiger partial charge in [0.05, 0.1) is 33.2 Å². The van der Waals surface area contributed by atoms with E-state index in [-0.39, 0.29) is 0 Å². The standard InChI is InChI=1S/C45H59N3Si2/c1-30(2)20-37-26-41(46-28-43(37)49(8,9)10)35-16-14-18-39(24-35)48(45-33(6)22-32(5)23-34(45)7)40-19-15-17-36(25-40)42-27-38(21-31(3)4)44(29-47-42)50(11,12)13/h14-19,22-31H,20-21H2,1-13H3. The number of rotatable bonds is 11. The molecule has 0 amide bonds. The number of pyridine rings is 2. The van der Waals surface area contributed by atoms with Crippen molar-refractivity contribution in [3.8, 4) is 22.5 Å². The maximum Gasteiger partial charge on any atom is 0.0799 e. The van der Waals surface area contributed by atoms with Crippen LogP contribution in [0.5, 0.6) is 0 Å². The number of aryl methyl sites for hydroxylation is 3. The first-order chi connectivity index (χ1) is 23.4. The summed E-state index contributed by atoms with van der Waals surface area (Å²) in [5, 5.41) is 2.94. The smallest absolute Gasteiger partial charge is 0.0799 e. The summed E-state index contributed by atoms with van der Waals surface area (Å²) in [5.41, 5.74) is 14.5. The van der Waals surface area contributed by atoms with Crippen LogP contribution in [-0.2, 0) is 12.8 Å². The zero-order valence-corrected chi connectivity index (χ0v) is 35.0. The molecule has 0 atom stereocenters. The van der Waals surface area contributed by atoms with Crippen LogP contribution >= 0.6 is 0 Å². The zero-order valence-electron chi connectivity index (χ0n) is 33.0. The second-order valence-electron chi connectivity index (χ2n) is 17.3. The molecule has 3 aromatic carbocycles. The maximum absolute atomic E-state index is 5.09. The van der Waals surface area contributed by atoms with Gasteiger partial charge in [0, 0.05) is 34.9 Å². The first-order valence-corrected chi connectivity index (χ1v) is 25.5. The minimum Gasteiger partial charge on any atom is -0.310 e. The van der Waals surface area contributed by atoms with E-state index in [1.807, 2.05) is 0 Å². The van der Waals surface area contributed by atoms with Crippen LogP contribution in [0.1, 0.15) is 55.5 Å². The molecular weight excluding hydrogens is 639 g/mol. The average Bonchev–Trinajstić information content (AvgIpc) is 3.01.